The van der Waals surface area contributed by atoms with E-state index in [1.54, 1.807) is 7.11 Å². The molecule has 3 heteroatoms. The second-order valence-electron chi connectivity index (χ2n) is 3.86. The Labute approximate surface area is 84.4 Å². The van der Waals surface area contributed by atoms with Crippen LogP contribution in [0.5, 0.6) is 0 Å². The molecule has 0 radical (unpaired) electrons. The molecule has 0 aliphatic heterocycles. The van der Waals surface area contributed by atoms with Gasteiger partial charge < -0.3 is 4.74 Å². The Bertz CT molecular complexity index is 128. The summed E-state index contributed by atoms with van der Waals surface area (Å²) in [6.45, 7) is 7.39. The van der Waals surface area contributed by atoms with Gasteiger partial charge in [0.25, 0.3) is 0 Å². The van der Waals surface area contributed by atoms with Crippen LogP contribution in [0.25, 0.3) is 0 Å². The Morgan fingerprint density at radius 2 is 2.00 bits per heavy atom. The van der Waals surface area contributed by atoms with E-state index < -0.39 is 0 Å². The van der Waals surface area contributed by atoms with Crippen LogP contribution in [0.2, 0.25) is 0 Å². The van der Waals surface area contributed by atoms with Crippen LogP contribution in [-0.2, 0) is 4.74 Å². The molecule has 2 nitrogen and oxygen atoms in total. The summed E-state index contributed by atoms with van der Waals surface area (Å²) < 4.78 is 5.11. The van der Waals surface area contributed by atoms with Crippen molar-refractivity contribution in [3.63, 3.8) is 0 Å². The number of hydrogen-bond acceptors (Lipinski definition) is 2. The summed E-state index contributed by atoms with van der Waals surface area (Å²) in [6.07, 6.45) is 0. The Morgan fingerprint density at radius 3 is 2.33 bits per heavy atom. The molecule has 0 aromatic rings. The monoisotopic (exact) mass is 237 g/mol. The van der Waals surface area contributed by atoms with E-state index in [-0.39, 0.29) is 5.54 Å². The Kier molecular flexibility index (Phi) is 5.37. The van der Waals surface area contributed by atoms with E-state index in [9.17, 15) is 0 Å². The lowest BCUT2D eigenvalue weighted by molar-refractivity contribution is 0.0641. The number of rotatable bonds is 5. The number of hydrogen-bond donors (Lipinski definition) is 0. The Morgan fingerprint density at radius 1 is 1.50 bits per heavy atom. The number of halogens is 1. The highest BCUT2D eigenvalue weighted by Gasteiger charge is 2.25. The van der Waals surface area contributed by atoms with E-state index in [1.165, 1.54) is 0 Å². The second kappa shape index (κ2) is 5.20. The molecular weight excluding hydrogens is 218 g/mol. The Hall–Kier alpha value is 0.400. The molecular formula is C9H20BrNO. The van der Waals surface area contributed by atoms with E-state index in [2.05, 4.69) is 48.6 Å². The van der Waals surface area contributed by atoms with Crippen molar-refractivity contribution in [2.75, 3.05) is 26.1 Å². The molecule has 74 valence electrons. The quantitative estimate of drug-likeness (QED) is 0.680. The molecule has 1 atom stereocenters. The standard InChI is InChI=1S/C9H20BrNO/c1-8(6-12-5)11(4)9(2,3)7-10/h8H,6-7H2,1-5H3. The molecule has 0 heterocycles. The van der Waals surface area contributed by atoms with E-state index in [0.717, 1.165) is 11.9 Å². The van der Waals surface area contributed by atoms with Gasteiger partial charge in [0.1, 0.15) is 0 Å². The average molecular weight is 238 g/mol. The highest BCUT2D eigenvalue weighted by Crippen LogP contribution is 2.17. The molecule has 0 rings (SSSR count). The highest BCUT2D eigenvalue weighted by atomic mass is 79.9. The van der Waals surface area contributed by atoms with Crippen molar-refractivity contribution >= 4 is 15.9 Å². The summed E-state index contributed by atoms with van der Waals surface area (Å²) in [7, 11) is 3.87. The third-order valence-electron chi connectivity index (χ3n) is 2.35. The summed E-state index contributed by atoms with van der Waals surface area (Å²) in [6, 6.07) is 0.461. The smallest absolute Gasteiger partial charge is 0.0615 e. The first-order chi connectivity index (χ1) is 5.45. The lowest BCUT2D eigenvalue weighted by Crippen LogP contribution is -2.49. The van der Waals surface area contributed by atoms with Crippen LogP contribution < -0.4 is 0 Å². The maximum absolute atomic E-state index is 5.11. The molecule has 0 fully saturated rings. The predicted octanol–water partition coefficient (Wildman–Crippen LogP) is 2.13. The van der Waals surface area contributed by atoms with E-state index in [0.29, 0.717) is 6.04 Å². The van der Waals surface area contributed by atoms with Crippen LogP contribution in [-0.4, -0.2) is 42.6 Å². The van der Waals surface area contributed by atoms with Crippen LogP contribution >= 0.6 is 15.9 Å². The predicted molar refractivity (Wildman–Crippen MR) is 57.0 cm³/mol. The first-order valence-electron chi connectivity index (χ1n) is 4.23. The van der Waals surface area contributed by atoms with Gasteiger partial charge in [0.05, 0.1) is 6.61 Å². The zero-order valence-corrected chi connectivity index (χ0v) is 10.3. The SMILES string of the molecule is COCC(C)N(C)C(C)(C)CBr. The highest BCUT2D eigenvalue weighted by molar-refractivity contribution is 9.09. The summed E-state index contributed by atoms with van der Waals surface area (Å²) in [5, 5.41) is 0.977. The van der Waals surface area contributed by atoms with Crippen molar-refractivity contribution < 1.29 is 4.74 Å². The maximum atomic E-state index is 5.11. The van der Waals surface area contributed by atoms with Crippen molar-refractivity contribution in [2.45, 2.75) is 32.4 Å². The fourth-order valence-corrected chi connectivity index (χ4v) is 1.44. The van der Waals surface area contributed by atoms with Gasteiger partial charge >= 0.3 is 0 Å². The first kappa shape index (κ1) is 12.4. The van der Waals surface area contributed by atoms with Gasteiger partial charge in [0.15, 0.2) is 0 Å². The lowest BCUT2D eigenvalue weighted by Gasteiger charge is -2.38. The van der Waals surface area contributed by atoms with Crippen LogP contribution in [0.3, 0.4) is 0 Å². The van der Waals surface area contributed by atoms with Gasteiger partial charge in [-0.25, -0.2) is 0 Å². The summed E-state index contributed by atoms with van der Waals surface area (Å²) in [5.41, 5.74) is 0.192. The fraction of sp³-hybridized carbons (Fsp3) is 1.00. The largest absolute Gasteiger partial charge is 0.383 e. The van der Waals surface area contributed by atoms with Gasteiger partial charge in [0, 0.05) is 24.0 Å². The molecule has 0 bridgehead atoms. The minimum absolute atomic E-state index is 0.192. The molecule has 0 N–H and O–H groups in total. The molecule has 1 unspecified atom stereocenters. The summed E-state index contributed by atoms with van der Waals surface area (Å²) in [4.78, 5) is 2.32. The number of nitrogens with zero attached hydrogens (tertiary/aromatic N) is 1. The number of methoxy groups -OCH3 is 1. The molecule has 0 aliphatic carbocycles. The minimum atomic E-state index is 0.192. The van der Waals surface area contributed by atoms with Crippen LogP contribution in [0, 0.1) is 0 Å². The molecule has 0 aromatic carbocycles. The summed E-state index contributed by atoms with van der Waals surface area (Å²) >= 11 is 3.51. The first-order valence-corrected chi connectivity index (χ1v) is 5.35. The molecule has 0 aromatic heterocycles. The van der Waals surface area contributed by atoms with Crippen molar-refractivity contribution in [3.05, 3.63) is 0 Å². The van der Waals surface area contributed by atoms with E-state index in [4.69, 9.17) is 4.74 Å². The molecule has 0 saturated carbocycles. The molecule has 12 heavy (non-hydrogen) atoms. The van der Waals surface area contributed by atoms with Crippen molar-refractivity contribution in [1.29, 1.82) is 0 Å². The number of ether oxygens (including phenoxy) is 1. The molecule has 0 amide bonds. The number of likely N-dealkylation sites (N-methyl/N-ethyl adjacent to an activating group) is 1. The third-order valence-corrected chi connectivity index (χ3v) is 3.72. The van der Waals surface area contributed by atoms with Crippen molar-refractivity contribution in [3.8, 4) is 0 Å². The van der Waals surface area contributed by atoms with E-state index >= 15 is 0 Å². The molecule has 0 spiro atoms. The minimum Gasteiger partial charge on any atom is -0.383 e. The van der Waals surface area contributed by atoms with Gasteiger partial charge in [-0.2, -0.15) is 0 Å². The zero-order valence-electron chi connectivity index (χ0n) is 8.72. The van der Waals surface area contributed by atoms with Crippen molar-refractivity contribution in [1.82, 2.24) is 4.90 Å². The second-order valence-corrected chi connectivity index (χ2v) is 4.42. The molecule has 0 saturated heterocycles. The fourth-order valence-electron chi connectivity index (χ4n) is 1.04. The van der Waals surface area contributed by atoms with Gasteiger partial charge in [0.2, 0.25) is 0 Å². The Balaban J connectivity index is 4.07. The van der Waals surface area contributed by atoms with Gasteiger partial charge in [-0.3, -0.25) is 4.90 Å². The van der Waals surface area contributed by atoms with Crippen LogP contribution in [0.15, 0.2) is 0 Å². The van der Waals surface area contributed by atoms with Crippen molar-refractivity contribution in [2.24, 2.45) is 0 Å². The topological polar surface area (TPSA) is 12.5 Å². The maximum Gasteiger partial charge on any atom is 0.0615 e. The summed E-state index contributed by atoms with van der Waals surface area (Å²) in [5.74, 6) is 0. The normalized spacial score (nSPS) is 15.2. The van der Waals surface area contributed by atoms with Crippen LogP contribution in [0.4, 0.5) is 0 Å². The third kappa shape index (κ3) is 3.42. The number of alkyl halides is 1. The molecule has 0 aliphatic rings. The lowest BCUT2D eigenvalue weighted by atomic mass is 10.0. The zero-order chi connectivity index (χ0) is 9.78. The van der Waals surface area contributed by atoms with Gasteiger partial charge in [-0.15, -0.1) is 0 Å². The van der Waals surface area contributed by atoms with E-state index in [1.807, 2.05) is 0 Å². The van der Waals surface area contributed by atoms with Gasteiger partial charge in [-0.05, 0) is 27.8 Å². The van der Waals surface area contributed by atoms with Gasteiger partial charge in [-0.1, -0.05) is 15.9 Å². The van der Waals surface area contributed by atoms with Crippen LogP contribution in [0.1, 0.15) is 20.8 Å². The average Bonchev–Trinajstić information content (AvgIpc) is 2.03.